The molecule has 0 spiro atoms. The van der Waals surface area contributed by atoms with Crippen LogP contribution in [-0.2, 0) is 20.4 Å². The molecule has 0 bridgehead atoms. The van der Waals surface area contributed by atoms with Crippen molar-refractivity contribution in [3.8, 4) is 11.5 Å². The molecule has 0 N–H and O–H groups in total. The Morgan fingerprint density at radius 2 is 1.52 bits per heavy atom. The van der Waals surface area contributed by atoms with Crippen LogP contribution in [0.3, 0.4) is 0 Å². The number of imidazole rings is 1. The van der Waals surface area contributed by atoms with Crippen molar-refractivity contribution in [1.82, 2.24) is 14.4 Å². The van der Waals surface area contributed by atoms with Gasteiger partial charge in [0.2, 0.25) is 0 Å². The van der Waals surface area contributed by atoms with E-state index in [1.54, 1.807) is 0 Å². The van der Waals surface area contributed by atoms with Crippen molar-refractivity contribution in [2.45, 2.75) is 13.1 Å². The number of anilines is 3. The predicted molar refractivity (Wildman–Crippen MR) is 197 cm³/mol. The van der Waals surface area contributed by atoms with Crippen molar-refractivity contribution in [2.24, 2.45) is 0 Å². The van der Waals surface area contributed by atoms with Crippen LogP contribution in [-0.4, -0.2) is 22.4 Å². The standard InChI is InChI=1S/C40H26N4OSSi.Pd/c1-47(2)37-15-8-18-41-40(37)44(34-23-31-30-12-4-6-14-35(30)46-36(31)24-38(34)47)25-9-7-10-26(21-25)45-27-16-17-28-29-11-3-5-13-33(29)43-20-19-42-39(43)32(28)22-27;/h3-20,23-24H,1-2H3;/q-2;+2. The van der Waals surface area contributed by atoms with Gasteiger partial charge >= 0.3 is 20.4 Å². The number of nitrogens with zero attached hydrogens (tertiary/aromatic N) is 4. The van der Waals surface area contributed by atoms with Crippen LogP contribution in [0.1, 0.15) is 0 Å². The van der Waals surface area contributed by atoms with Crippen LogP contribution >= 0.6 is 11.3 Å². The second kappa shape index (κ2) is 10.8. The third-order valence-corrected chi connectivity index (χ3v) is 14.1. The zero-order chi connectivity index (χ0) is 31.3. The summed E-state index contributed by atoms with van der Waals surface area (Å²) in [6.07, 6.45) is 5.72. The van der Waals surface area contributed by atoms with Crippen LogP contribution < -0.4 is 20.0 Å². The van der Waals surface area contributed by atoms with Crippen LogP contribution in [0.2, 0.25) is 13.1 Å². The molecule has 0 fully saturated rings. The normalized spacial score (nSPS) is 13.6. The molecule has 5 nitrogen and oxygen atoms in total. The van der Waals surface area contributed by atoms with Gasteiger partial charge in [0.15, 0.2) is 0 Å². The molecule has 0 aliphatic carbocycles. The van der Waals surface area contributed by atoms with Gasteiger partial charge in [-0.2, -0.15) is 6.07 Å². The number of thiophene rings is 1. The summed E-state index contributed by atoms with van der Waals surface area (Å²) < 4.78 is 11.2. The minimum atomic E-state index is -2.07. The van der Waals surface area contributed by atoms with E-state index in [4.69, 9.17) is 9.72 Å². The van der Waals surface area contributed by atoms with Crippen molar-refractivity contribution < 1.29 is 25.2 Å². The van der Waals surface area contributed by atoms with E-state index in [9.17, 15) is 0 Å². The third kappa shape index (κ3) is 4.24. The fourth-order valence-corrected chi connectivity index (χ4v) is 11.4. The summed E-state index contributed by atoms with van der Waals surface area (Å²) in [7, 11) is -2.07. The maximum Gasteiger partial charge on any atom is 2.00 e. The average molecular weight is 745 g/mol. The second-order valence-electron chi connectivity index (χ2n) is 12.6. The quantitative estimate of drug-likeness (QED) is 0.103. The van der Waals surface area contributed by atoms with Crippen LogP contribution in [0.4, 0.5) is 17.2 Å². The van der Waals surface area contributed by atoms with Gasteiger partial charge in [0, 0.05) is 61.5 Å². The number of benzene rings is 5. The maximum atomic E-state index is 6.50. The van der Waals surface area contributed by atoms with E-state index in [0.29, 0.717) is 11.5 Å². The molecule has 0 saturated heterocycles. The van der Waals surface area contributed by atoms with Gasteiger partial charge in [-0.15, -0.1) is 41.7 Å². The summed E-state index contributed by atoms with van der Waals surface area (Å²) in [6.45, 7) is 4.86. The van der Waals surface area contributed by atoms with E-state index < -0.39 is 8.07 Å². The topological polar surface area (TPSA) is 42.7 Å². The van der Waals surface area contributed by atoms with E-state index in [1.165, 1.54) is 36.2 Å². The zero-order valence-corrected chi connectivity index (χ0v) is 29.3. The number of aromatic nitrogens is 3. The zero-order valence-electron chi connectivity index (χ0n) is 26.0. The van der Waals surface area contributed by atoms with E-state index in [-0.39, 0.29) is 20.4 Å². The van der Waals surface area contributed by atoms with Crippen molar-refractivity contribution in [3.05, 3.63) is 134 Å². The Hall–Kier alpha value is -4.84. The first-order valence-electron chi connectivity index (χ1n) is 15.7. The summed E-state index contributed by atoms with van der Waals surface area (Å²) in [5.74, 6) is 2.19. The van der Waals surface area contributed by atoms with E-state index in [1.807, 2.05) is 48.1 Å². The van der Waals surface area contributed by atoms with Gasteiger partial charge in [0.05, 0.1) is 5.65 Å². The molecule has 0 amide bonds. The number of para-hydroxylation sites is 1. The second-order valence-corrected chi connectivity index (χ2v) is 18.0. The molecule has 4 aromatic heterocycles. The van der Waals surface area contributed by atoms with Gasteiger partial charge in [-0.3, -0.25) is 4.98 Å². The number of rotatable bonds is 3. The number of pyridine rings is 2. The first-order valence-corrected chi connectivity index (χ1v) is 19.5. The summed E-state index contributed by atoms with van der Waals surface area (Å²) in [6, 6.07) is 43.5. The third-order valence-electron chi connectivity index (χ3n) is 9.53. The van der Waals surface area contributed by atoms with Gasteiger partial charge in [-0.25, -0.2) is 4.98 Å². The van der Waals surface area contributed by atoms with E-state index >= 15 is 0 Å². The fourth-order valence-electron chi connectivity index (χ4n) is 7.29. The molecule has 232 valence electrons. The van der Waals surface area contributed by atoms with E-state index in [0.717, 1.165) is 38.8 Å². The average Bonchev–Trinajstić information content (AvgIpc) is 3.74. The molecule has 1 aliphatic rings. The first kappa shape index (κ1) is 29.3. The van der Waals surface area contributed by atoms with Gasteiger partial charge in [-0.1, -0.05) is 78.1 Å². The molecule has 0 atom stereocenters. The number of fused-ring (bicyclic) bond motifs is 11. The van der Waals surface area contributed by atoms with E-state index in [2.05, 4.69) is 124 Å². The molecular formula is C40H26N4OPdSSi. The Bertz CT molecular complexity index is 2740. The summed E-state index contributed by atoms with van der Waals surface area (Å²) in [5, 5.41) is 8.43. The van der Waals surface area contributed by atoms with Crippen LogP contribution in [0.15, 0.2) is 122 Å². The monoisotopic (exact) mass is 744 g/mol. The summed E-state index contributed by atoms with van der Waals surface area (Å²) in [4.78, 5) is 11.9. The molecule has 1 aliphatic heterocycles. The van der Waals surface area contributed by atoms with Gasteiger partial charge in [-0.05, 0) is 46.1 Å². The Morgan fingerprint density at radius 1 is 0.688 bits per heavy atom. The number of hydrogen-bond donors (Lipinski definition) is 0. The fraction of sp³-hybridized carbons (Fsp3) is 0.0500. The Balaban J connectivity index is 0.00000314. The Morgan fingerprint density at radius 3 is 2.44 bits per heavy atom. The molecule has 5 aromatic carbocycles. The van der Waals surface area contributed by atoms with Crippen LogP contribution in [0.25, 0.3) is 47.5 Å². The number of hydrogen-bond acceptors (Lipinski definition) is 5. The van der Waals surface area contributed by atoms with Crippen molar-refractivity contribution in [2.75, 3.05) is 4.90 Å². The molecule has 9 aromatic rings. The minimum Gasteiger partial charge on any atom is -0.503 e. The molecule has 0 unspecified atom stereocenters. The maximum absolute atomic E-state index is 6.50. The smallest absolute Gasteiger partial charge is 0.503 e. The minimum absolute atomic E-state index is 0. The predicted octanol–water partition coefficient (Wildman–Crippen LogP) is 9.40. The molecule has 8 heteroatoms. The van der Waals surface area contributed by atoms with Gasteiger partial charge in [0.25, 0.3) is 0 Å². The molecule has 0 saturated carbocycles. The van der Waals surface area contributed by atoms with Gasteiger partial charge < -0.3 is 14.0 Å². The summed E-state index contributed by atoms with van der Waals surface area (Å²) >= 11 is 1.87. The molecule has 10 rings (SSSR count). The van der Waals surface area contributed by atoms with Crippen LogP contribution in [0, 0.1) is 12.1 Å². The van der Waals surface area contributed by atoms with Crippen LogP contribution in [0.5, 0.6) is 11.5 Å². The van der Waals surface area contributed by atoms with Crippen molar-refractivity contribution in [3.63, 3.8) is 0 Å². The molecule has 0 radical (unpaired) electrons. The SMILES string of the molecule is C[Si]1(C)c2cc3sc4ccccc4c3cc2N(c2[c-]c(Oc3[c-]c4c(cc3)c3ccccc3n3ccnc43)ccc2)c2ncccc21.[Pd+2]. The Kier molecular flexibility index (Phi) is 6.62. The largest absolute Gasteiger partial charge is 2.00 e. The van der Waals surface area contributed by atoms with Gasteiger partial charge in [0.1, 0.15) is 13.9 Å². The number of ether oxygens (including phenoxy) is 1. The Labute approximate surface area is 295 Å². The molecular weight excluding hydrogens is 719 g/mol. The molecule has 5 heterocycles. The molecule has 48 heavy (non-hydrogen) atoms. The van der Waals surface area contributed by atoms with Crippen molar-refractivity contribution in [1.29, 1.82) is 0 Å². The summed E-state index contributed by atoms with van der Waals surface area (Å²) in [5.41, 5.74) is 4.02. The van der Waals surface area contributed by atoms with Crippen molar-refractivity contribution >= 4 is 94.5 Å². The first-order chi connectivity index (χ1) is 23.0.